The molecular weight excluding hydrogens is 284 g/mol. The minimum absolute atomic E-state index is 0.215. The fourth-order valence-corrected chi connectivity index (χ4v) is 1.99. The number of ether oxygens (including phenoxy) is 3. The molecule has 0 fully saturated rings. The Morgan fingerprint density at radius 1 is 1.35 bits per heavy atom. The van der Waals surface area contributed by atoms with Crippen LogP contribution in [-0.4, -0.2) is 29.7 Å². The minimum atomic E-state index is -0.474. The maximum Gasteiger partial charge on any atom is 0.308 e. The summed E-state index contributed by atoms with van der Waals surface area (Å²) < 4.78 is 16.0. The van der Waals surface area contributed by atoms with Crippen molar-refractivity contribution in [2.75, 3.05) is 13.7 Å². The van der Waals surface area contributed by atoms with Crippen molar-refractivity contribution in [1.29, 1.82) is 0 Å². The molecule has 1 aromatic carbocycles. The first kappa shape index (κ1) is 14.3. The van der Waals surface area contributed by atoms with Crippen molar-refractivity contribution in [2.24, 2.45) is 0 Å². The molecule has 6 nitrogen and oxygen atoms in total. The fraction of sp³-hybridized carbons (Fsp3) is 0.308. The Morgan fingerprint density at radius 3 is 2.70 bits per heavy atom. The van der Waals surface area contributed by atoms with Gasteiger partial charge < -0.3 is 14.2 Å². The molecule has 7 heteroatoms. The van der Waals surface area contributed by atoms with E-state index >= 15 is 0 Å². The van der Waals surface area contributed by atoms with Gasteiger partial charge in [-0.15, -0.1) is 0 Å². The summed E-state index contributed by atoms with van der Waals surface area (Å²) in [5, 5.41) is 0.765. The second kappa shape index (κ2) is 5.92. The van der Waals surface area contributed by atoms with Crippen molar-refractivity contribution in [3.63, 3.8) is 0 Å². The molecule has 0 N–H and O–H groups in total. The third-order valence-corrected chi connectivity index (χ3v) is 2.80. The van der Waals surface area contributed by atoms with E-state index in [0.717, 1.165) is 0 Å². The maximum absolute atomic E-state index is 11.2. The van der Waals surface area contributed by atoms with Gasteiger partial charge in [-0.1, -0.05) is 11.6 Å². The van der Waals surface area contributed by atoms with Gasteiger partial charge in [0.15, 0.2) is 11.5 Å². The second-order valence-corrected chi connectivity index (χ2v) is 4.18. The SMILES string of the molecule is CCOc1c(OC)c(OC(C)=O)cc2c(Cl)ncnc12. The lowest BCUT2D eigenvalue weighted by atomic mass is 10.2. The Labute approximate surface area is 120 Å². The highest BCUT2D eigenvalue weighted by molar-refractivity contribution is 6.34. The molecule has 20 heavy (non-hydrogen) atoms. The van der Waals surface area contributed by atoms with Crippen molar-refractivity contribution in [1.82, 2.24) is 9.97 Å². The highest BCUT2D eigenvalue weighted by Crippen LogP contribution is 2.44. The first-order chi connectivity index (χ1) is 9.58. The van der Waals surface area contributed by atoms with Crippen LogP contribution >= 0.6 is 11.6 Å². The van der Waals surface area contributed by atoms with Gasteiger partial charge in [0.1, 0.15) is 17.0 Å². The predicted molar refractivity (Wildman–Crippen MR) is 73.6 cm³/mol. The van der Waals surface area contributed by atoms with Gasteiger partial charge >= 0.3 is 5.97 Å². The van der Waals surface area contributed by atoms with Gasteiger partial charge in [0.05, 0.1) is 13.7 Å². The Balaban J connectivity index is 2.78. The first-order valence-electron chi connectivity index (χ1n) is 5.90. The summed E-state index contributed by atoms with van der Waals surface area (Å²) >= 11 is 6.05. The molecule has 0 saturated heterocycles. The van der Waals surface area contributed by atoms with Gasteiger partial charge in [-0.2, -0.15) is 0 Å². The molecule has 0 unspecified atom stereocenters. The number of fused-ring (bicyclic) bond motifs is 1. The van der Waals surface area contributed by atoms with E-state index in [1.165, 1.54) is 20.4 Å². The third kappa shape index (κ3) is 2.60. The lowest BCUT2D eigenvalue weighted by molar-refractivity contribution is -0.132. The lowest BCUT2D eigenvalue weighted by Gasteiger charge is -2.15. The number of rotatable bonds is 4. The highest BCUT2D eigenvalue weighted by Gasteiger charge is 2.20. The van der Waals surface area contributed by atoms with Crippen LogP contribution in [-0.2, 0) is 4.79 Å². The minimum Gasteiger partial charge on any atom is -0.490 e. The molecule has 2 aromatic rings. The molecule has 0 aliphatic carbocycles. The van der Waals surface area contributed by atoms with Gasteiger partial charge in [0.2, 0.25) is 5.75 Å². The molecule has 0 aliphatic rings. The van der Waals surface area contributed by atoms with Crippen LogP contribution in [0.25, 0.3) is 10.9 Å². The molecular formula is C13H13ClN2O4. The van der Waals surface area contributed by atoms with Crippen LogP contribution in [0.3, 0.4) is 0 Å². The summed E-state index contributed by atoms with van der Waals surface area (Å²) in [5.41, 5.74) is 0.500. The van der Waals surface area contributed by atoms with Crippen LogP contribution in [0.15, 0.2) is 12.4 Å². The maximum atomic E-state index is 11.2. The van der Waals surface area contributed by atoms with Gasteiger partial charge in [-0.25, -0.2) is 9.97 Å². The molecule has 0 radical (unpaired) electrons. The second-order valence-electron chi connectivity index (χ2n) is 3.82. The summed E-state index contributed by atoms with van der Waals surface area (Å²) in [6.45, 7) is 3.52. The molecule has 0 amide bonds. The van der Waals surface area contributed by atoms with E-state index in [1.807, 2.05) is 6.92 Å². The van der Waals surface area contributed by atoms with Crippen molar-refractivity contribution in [3.05, 3.63) is 17.5 Å². The summed E-state index contributed by atoms with van der Waals surface area (Å²) in [6, 6.07) is 1.56. The van der Waals surface area contributed by atoms with E-state index in [2.05, 4.69) is 9.97 Å². The Kier molecular flexibility index (Phi) is 4.24. The summed E-state index contributed by atoms with van der Waals surface area (Å²) in [6.07, 6.45) is 1.33. The quantitative estimate of drug-likeness (QED) is 0.491. The van der Waals surface area contributed by atoms with Crippen molar-refractivity contribution >= 4 is 28.5 Å². The third-order valence-electron chi connectivity index (χ3n) is 2.50. The number of aromatic nitrogens is 2. The molecule has 0 spiro atoms. The molecule has 1 aromatic heterocycles. The Bertz CT molecular complexity index is 660. The van der Waals surface area contributed by atoms with Crippen LogP contribution in [0.1, 0.15) is 13.8 Å². The van der Waals surface area contributed by atoms with E-state index < -0.39 is 5.97 Å². The smallest absolute Gasteiger partial charge is 0.308 e. The van der Waals surface area contributed by atoms with E-state index in [-0.39, 0.29) is 10.9 Å². The molecule has 0 bridgehead atoms. The molecule has 1 heterocycles. The zero-order valence-electron chi connectivity index (χ0n) is 11.3. The summed E-state index contributed by atoms with van der Waals surface area (Å²) in [7, 11) is 1.46. The number of carbonyl (C=O) groups excluding carboxylic acids is 1. The van der Waals surface area contributed by atoms with Crippen LogP contribution in [0.5, 0.6) is 17.2 Å². The highest BCUT2D eigenvalue weighted by atomic mass is 35.5. The van der Waals surface area contributed by atoms with Crippen LogP contribution in [0.2, 0.25) is 5.15 Å². The number of methoxy groups -OCH3 is 1. The van der Waals surface area contributed by atoms with Crippen molar-refractivity contribution < 1.29 is 19.0 Å². The first-order valence-corrected chi connectivity index (χ1v) is 6.28. The van der Waals surface area contributed by atoms with E-state index in [4.69, 9.17) is 25.8 Å². The van der Waals surface area contributed by atoms with Gasteiger partial charge in [0.25, 0.3) is 0 Å². The van der Waals surface area contributed by atoms with E-state index in [9.17, 15) is 4.79 Å². The van der Waals surface area contributed by atoms with Gasteiger partial charge in [-0.05, 0) is 13.0 Å². The largest absolute Gasteiger partial charge is 0.490 e. The normalized spacial score (nSPS) is 10.4. The number of nitrogens with zero attached hydrogens (tertiary/aromatic N) is 2. The standard InChI is InChI=1S/C13H13ClN2O4/c1-4-19-12-10-8(13(14)16-6-15-10)5-9(11(12)18-3)20-7(2)17/h5-6H,4H2,1-3H3. The fourth-order valence-electron chi connectivity index (χ4n) is 1.80. The lowest BCUT2D eigenvalue weighted by Crippen LogP contribution is -2.05. The summed E-state index contributed by atoms with van der Waals surface area (Å²) in [5.74, 6) is 0.406. The van der Waals surface area contributed by atoms with Gasteiger partial charge in [0, 0.05) is 12.3 Å². The predicted octanol–water partition coefficient (Wildman–Crippen LogP) is 2.62. The molecule has 0 atom stereocenters. The average Bonchev–Trinajstić information content (AvgIpc) is 2.40. The molecule has 0 aliphatic heterocycles. The summed E-state index contributed by atoms with van der Waals surface area (Å²) in [4.78, 5) is 19.2. The molecule has 0 saturated carbocycles. The number of carbonyl (C=O) groups is 1. The van der Waals surface area contributed by atoms with E-state index in [0.29, 0.717) is 29.0 Å². The van der Waals surface area contributed by atoms with Crippen LogP contribution < -0.4 is 14.2 Å². The zero-order valence-corrected chi connectivity index (χ0v) is 12.0. The number of benzene rings is 1. The number of hydrogen-bond acceptors (Lipinski definition) is 6. The number of hydrogen-bond donors (Lipinski definition) is 0. The van der Waals surface area contributed by atoms with E-state index in [1.54, 1.807) is 6.07 Å². The Morgan fingerprint density at radius 2 is 2.10 bits per heavy atom. The monoisotopic (exact) mass is 296 g/mol. The Hall–Kier alpha value is -2.08. The van der Waals surface area contributed by atoms with Gasteiger partial charge in [-0.3, -0.25) is 4.79 Å². The van der Waals surface area contributed by atoms with Crippen molar-refractivity contribution in [2.45, 2.75) is 13.8 Å². The average molecular weight is 297 g/mol. The van der Waals surface area contributed by atoms with Crippen LogP contribution in [0, 0.1) is 0 Å². The number of halogens is 1. The van der Waals surface area contributed by atoms with Crippen LogP contribution in [0.4, 0.5) is 0 Å². The molecule has 106 valence electrons. The number of esters is 1. The van der Waals surface area contributed by atoms with Crippen molar-refractivity contribution in [3.8, 4) is 17.2 Å². The topological polar surface area (TPSA) is 70.5 Å². The molecule has 2 rings (SSSR count). The zero-order chi connectivity index (χ0) is 14.7.